The molecule has 3 aromatic heterocycles. The Balaban J connectivity index is 1.27. The molecule has 1 fully saturated rings. The largest absolute Gasteiger partial charge is 0.481 e. The summed E-state index contributed by atoms with van der Waals surface area (Å²) in [7, 11) is 2.89. The molecule has 2 aliphatic rings. The van der Waals surface area contributed by atoms with Crippen molar-refractivity contribution in [2.45, 2.75) is 76.5 Å². The third-order valence-electron chi connectivity index (χ3n) is 9.33. The molecule has 0 unspecified atom stereocenters. The molecule has 0 saturated carbocycles. The summed E-state index contributed by atoms with van der Waals surface area (Å²) in [6, 6.07) is 12.2. The molecule has 282 valence electrons. The van der Waals surface area contributed by atoms with Crippen LogP contribution in [0.4, 0.5) is 13.2 Å². The quantitative estimate of drug-likeness (QED) is 0.118. The van der Waals surface area contributed by atoms with Gasteiger partial charge in [0.05, 0.1) is 36.7 Å². The summed E-state index contributed by atoms with van der Waals surface area (Å²) in [5.41, 5.74) is 4.09. The Labute approximate surface area is 310 Å². The number of alkyl halides is 3. The number of nitrogens with zero attached hydrogens (tertiary/aromatic N) is 3. The highest BCUT2D eigenvalue weighted by molar-refractivity contribution is 6.35. The maximum absolute atomic E-state index is 14.4. The maximum atomic E-state index is 14.4. The van der Waals surface area contributed by atoms with Crippen LogP contribution in [-0.4, -0.2) is 65.4 Å². The number of benzene rings is 1. The maximum Gasteiger partial charge on any atom is 0.421 e. The third kappa shape index (κ3) is 8.84. The first-order chi connectivity index (χ1) is 25.5. The normalized spacial score (nSPS) is 17.6. The number of hydrogen-bond donors (Lipinski definition) is 4. The van der Waals surface area contributed by atoms with Gasteiger partial charge >= 0.3 is 6.18 Å². The molecule has 11 nitrogen and oxygen atoms in total. The van der Waals surface area contributed by atoms with Crippen molar-refractivity contribution < 1.29 is 37.3 Å². The number of rotatable bonds is 14. The Morgan fingerprint density at radius 1 is 0.981 bits per heavy atom. The Kier molecular flexibility index (Phi) is 12.0. The van der Waals surface area contributed by atoms with E-state index in [0.29, 0.717) is 66.6 Å². The lowest BCUT2D eigenvalue weighted by Crippen LogP contribution is -2.35. The van der Waals surface area contributed by atoms with E-state index in [0.717, 1.165) is 34.7 Å². The van der Waals surface area contributed by atoms with Crippen LogP contribution in [0.5, 0.6) is 17.6 Å². The number of fused-ring (bicyclic) bond motifs is 1. The van der Waals surface area contributed by atoms with Gasteiger partial charge in [0.15, 0.2) is 0 Å². The zero-order valence-electron chi connectivity index (χ0n) is 29.6. The second-order valence-corrected chi connectivity index (χ2v) is 13.6. The van der Waals surface area contributed by atoms with Crippen LogP contribution in [0.3, 0.4) is 0 Å². The Morgan fingerprint density at radius 3 is 2.47 bits per heavy atom. The van der Waals surface area contributed by atoms with E-state index in [1.54, 1.807) is 26.3 Å². The lowest BCUT2D eigenvalue weighted by atomic mass is 9.85. The molecule has 1 saturated heterocycles. The van der Waals surface area contributed by atoms with Crippen LogP contribution in [-0.2, 0) is 30.5 Å². The third-order valence-corrected chi connectivity index (χ3v) is 9.71. The van der Waals surface area contributed by atoms with Gasteiger partial charge in [-0.3, -0.25) is 9.78 Å². The number of halogens is 4. The molecule has 3 atom stereocenters. The van der Waals surface area contributed by atoms with Crippen LogP contribution in [0.15, 0.2) is 48.7 Å². The zero-order chi connectivity index (χ0) is 37.7. The average molecular weight is 755 g/mol. The van der Waals surface area contributed by atoms with E-state index in [-0.39, 0.29) is 36.5 Å². The van der Waals surface area contributed by atoms with Crippen molar-refractivity contribution in [3.8, 4) is 40.2 Å². The molecule has 4 heterocycles. The SMILES string of the molecule is COc1nc(-c2ccnc(-c3cccc4c3CCC[C@@H]4Oc3nc(OC)c(CNC[C@@H](C)O)cc3C(F)(F)F)c2Cl)ccc1CNC[C@@H]1CCC(=O)N1. The van der Waals surface area contributed by atoms with E-state index in [1.807, 2.05) is 30.3 Å². The van der Waals surface area contributed by atoms with Gasteiger partial charge in [-0.2, -0.15) is 18.2 Å². The van der Waals surface area contributed by atoms with Gasteiger partial charge < -0.3 is 35.3 Å². The molecule has 1 aliphatic heterocycles. The summed E-state index contributed by atoms with van der Waals surface area (Å²) < 4.78 is 60.3. The van der Waals surface area contributed by atoms with Gasteiger partial charge in [0.1, 0.15) is 11.7 Å². The highest BCUT2D eigenvalue weighted by Crippen LogP contribution is 2.44. The number of aliphatic hydroxyl groups is 1. The van der Waals surface area contributed by atoms with Gasteiger partial charge in [-0.05, 0) is 61.9 Å². The van der Waals surface area contributed by atoms with Crippen molar-refractivity contribution in [2.24, 2.45) is 0 Å². The number of nitrogens with one attached hydrogen (secondary N) is 3. The van der Waals surface area contributed by atoms with Crippen molar-refractivity contribution in [2.75, 3.05) is 27.3 Å². The number of carbonyl (C=O) groups is 1. The second-order valence-electron chi connectivity index (χ2n) is 13.2. The summed E-state index contributed by atoms with van der Waals surface area (Å²) in [4.78, 5) is 25.1. The zero-order valence-corrected chi connectivity index (χ0v) is 30.4. The number of aliphatic hydroxyl groups excluding tert-OH is 1. The molecule has 4 aromatic rings. The van der Waals surface area contributed by atoms with Gasteiger partial charge in [0, 0.05) is 67.1 Å². The lowest BCUT2D eigenvalue weighted by molar-refractivity contribution is -0.139. The Bertz CT molecular complexity index is 1950. The minimum atomic E-state index is -4.75. The fourth-order valence-electron chi connectivity index (χ4n) is 6.79. The molecule has 0 bridgehead atoms. The molecular formula is C38H42ClF3N6O5. The number of methoxy groups -OCH3 is 2. The van der Waals surface area contributed by atoms with Crippen LogP contribution < -0.4 is 30.2 Å². The van der Waals surface area contributed by atoms with Gasteiger partial charge in [0.25, 0.3) is 0 Å². The molecule has 15 heteroatoms. The minimum absolute atomic E-state index is 0.00252. The number of pyridine rings is 3. The molecule has 1 aliphatic carbocycles. The van der Waals surface area contributed by atoms with Crippen molar-refractivity contribution in [1.29, 1.82) is 0 Å². The van der Waals surface area contributed by atoms with Crippen LogP contribution in [0, 0.1) is 0 Å². The molecule has 1 amide bonds. The second kappa shape index (κ2) is 16.7. The first kappa shape index (κ1) is 38.2. The summed E-state index contributed by atoms with van der Waals surface area (Å²) >= 11 is 7.07. The van der Waals surface area contributed by atoms with E-state index in [1.165, 1.54) is 7.11 Å². The number of amides is 1. The van der Waals surface area contributed by atoms with Crippen LogP contribution >= 0.6 is 11.6 Å². The van der Waals surface area contributed by atoms with Crippen LogP contribution in [0.1, 0.15) is 66.5 Å². The first-order valence-corrected chi connectivity index (χ1v) is 17.9. The van der Waals surface area contributed by atoms with Crippen molar-refractivity contribution in [3.05, 3.63) is 81.5 Å². The van der Waals surface area contributed by atoms with Gasteiger partial charge in [-0.15, -0.1) is 0 Å². The Hall–Kier alpha value is -4.50. The smallest absolute Gasteiger partial charge is 0.421 e. The van der Waals surface area contributed by atoms with E-state index in [2.05, 4.69) is 25.9 Å². The average Bonchev–Trinajstić information content (AvgIpc) is 3.56. The van der Waals surface area contributed by atoms with E-state index in [4.69, 9.17) is 30.8 Å². The molecule has 6 rings (SSSR count). The number of hydrogen-bond acceptors (Lipinski definition) is 10. The van der Waals surface area contributed by atoms with Gasteiger partial charge in [0.2, 0.25) is 23.5 Å². The molecule has 0 spiro atoms. The van der Waals surface area contributed by atoms with Crippen molar-refractivity contribution in [1.82, 2.24) is 30.9 Å². The Morgan fingerprint density at radius 2 is 1.75 bits per heavy atom. The predicted molar refractivity (Wildman–Crippen MR) is 193 cm³/mol. The molecular weight excluding hydrogens is 713 g/mol. The standard InChI is InChI=1S/C38H42ClF3N6O5/c1-21(49)17-43-19-23-16-29(38(40,41)42)37(48-36(23)52-3)53-31-9-5-6-25-26(31)7-4-8-27(25)34-33(39)28(14-15-45-34)30-12-10-22(35(47-30)51-2)18-44-20-24-11-13-32(50)46-24/h4,7-8,10,12,14-16,21,24,31,43-44,49H,5-6,9,11,13,17-20H2,1-3H3,(H,46,50)/t21-,24+,31+/m1/s1. The van der Waals surface area contributed by atoms with E-state index in [9.17, 15) is 23.1 Å². The van der Waals surface area contributed by atoms with E-state index >= 15 is 0 Å². The van der Waals surface area contributed by atoms with Gasteiger partial charge in [-0.1, -0.05) is 35.9 Å². The fourth-order valence-corrected chi connectivity index (χ4v) is 7.10. The molecule has 4 N–H and O–H groups in total. The molecule has 0 radical (unpaired) electrons. The summed E-state index contributed by atoms with van der Waals surface area (Å²) in [6.45, 7) is 2.90. The van der Waals surface area contributed by atoms with Crippen LogP contribution in [0.25, 0.3) is 22.5 Å². The molecule has 53 heavy (non-hydrogen) atoms. The van der Waals surface area contributed by atoms with Crippen LogP contribution in [0.2, 0.25) is 5.02 Å². The fraction of sp³-hybridized carbons (Fsp3) is 0.421. The summed E-state index contributed by atoms with van der Waals surface area (Å²) in [5.74, 6) is -0.0718. The topological polar surface area (TPSA) is 140 Å². The number of ether oxygens (including phenoxy) is 3. The first-order valence-electron chi connectivity index (χ1n) is 17.5. The highest BCUT2D eigenvalue weighted by Gasteiger charge is 2.38. The lowest BCUT2D eigenvalue weighted by Gasteiger charge is -2.29. The van der Waals surface area contributed by atoms with Gasteiger partial charge in [-0.25, -0.2) is 4.98 Å². The van der Waals surface area contributed by atoms with Crippen molar-refractivity contribution >= 4 is 17.5 Å². The number of aromatic nitrogens is 3. The summed E-state index contributed by atoms with van der Waals surface area (Å²) in [5, 5.41) is 19.2. The minimum Gasteiger partial charge on any atom is -0.481 e. The summed E-state index contributed by atoms with van der Waals surface area (Å²) in [6.07, 6.45) is -1.41. The van der Waals surface area contributed by atoms with E-state index < -0.39 is 29.8 Å². The predicted octanol–water partition coefficient (Wildman–Crippen LogP) is 6.19. The highest BCUT2D eigenvalue weighted by atomic mass is 35.5. The van der Waals surface area contributed by atoms with Crippen molar-refractivity contribution in [3.63, 3.8) is 0 Å². The molecule has 1 aromatic carbocycles. The monoisotopic (exact) mass is 754 g/mol. The number of carbonyl (C=O) groups excluding carboxylic acids is 1.